The fourth-order valence-corrected chi connectivity index (χ4v) is 0.877. The molecule has 0 aliphatic carbocycles. The van der Waals surface area contributed by atoms with Crippen molar-refractivity contribution in [2.75, 3.05) is 6.35 Å². The standard InChI is InChI=1S/C3H9O6P/c1-3(5)9-10(6,7,8)2-4/h4,6-8H,2H2,1H3. The molecule has 0 saturated heterocycles. The monoisotopic (exact) mass is 172 g/mol. The summed E-state index contributed by atoms with van der Waals surface area (Å²) in [6.07, 6.45) is -1.38. The molecule has 0 fully saturated rings. The summed E-state index contributed by atoms with van der Waals surface area (Å²) in [7, 11) is -5.49. The Morgan fingerprint density at radius 3 is 2.00 bits per heavy atom. The molecule has 0 aromatic rings. The summed E-state index contributed by atoms with van der Waals surface area (Å²) >= 11 is 0. The van der Waals surface area contributed by atoms with Gasteiger partial charge in [0, 0.05) is 0 Å². The average Bonchev–Trinajstić information content (AvgIpc) is 1.61. The van der Waals surface area contributed by atoms with Crippen LogP contribution in [0.5, 0.6) is 0 Å². The van der Waals surface area contributed by atoms with Crippen LogP contribution in [-0.4, -0.2) is 32.1 Å². The van der Waals surface area contributed by atoms with E-state index < -0.39 is 19.8 Å². The molecule has 0 atom stereocenters. The molecule has 0 aromatic carbocycles. The first kappa shape index (κ1) is 9.74. The molecule has 10 heavy (non-hydrogen) atoms. The van der Waals surface area contributed by atoms with Gasteiger partial charge in [-0.1, -0.05) is 0 Å². The van der Waals surface area contributed by atoms with Gasteiger partial charge in [-0.05, 0) is 0 Å². The van der Waals surface area contributed by atoms with Crippen LogP contribution in [0.4, 0.5) is 0 Å². The number of hydrogen-bond donors (Lipinski definition) is 4. The molecule has 0 aliphatic heterocycles. The van der Waals surface area contributed by atoms with Crippen molar-refractivity contribution in [1.82, 2.24) is 0 Å². The van der Waals surface area contributed by atoms with Crippen LogP contribution in [-0.2, 0) is 9.32 Å². The van der Waals surface area contributed by atoms with E-state index in [1.807, 2.05) is 0 Å². The predicted molar refractivity (Wildman–Crippen MR) is 32.4 cm³/mol. The van der Waals surface area contributed by atoms with E-state index in [1.54, 1.807) is 0 Å². The van der Waals surface area contributed by atoms with Gasteiger partial charge in [0.15, 0.2) is 0 Å². The zero-order valence-corrected chi connectivity index (χ0v) is 6.15. The molecule has 4 N–H and O–H groups in total. The number of rotatable bonds is 2. The molecule has 62 valence electrons. The Hall–Kier alpha value is -0.260. The molecule has 0 heterocycles. The van der Waals surface area contributed by atoms with Crippen LogP contribution in [0.1, 0.15) is 6.92 Å². The van der Waals surface area contributed by atoms with Gasteiger partial charge in [-0.25, -0.2) is 0 Å². The summed E-state index contributed by atoms with van der Waals surface area (Å²) in [5.74, 6) is -1.07. The van der Waals surface area contributed by atoms with Gasteiger partial charge in [-0.3, -0.25) is 0 Å². The second-order valence-electron chi connectivity index (χ2n) is 1.79. The molecule has 0 amide bonds. The first-order valence-corrected chi connectivity index (χ1v) is 4.52. The van der Waals surface area contributed by atoms with Crippen LogP contribution in [0.15, 0.2) is 0 Å². The van der Waals surface area contributed by atoms with E-state index in [4.69, 9.17) is 19.8 Å². The van der Waals surface area contributed by atoms with Gasteiger partial charge < -0.3 is 0 Å². The fraction of sp³-hybridized carbons (Fsp3) is 0.667. The Morgan fingerprint density at radius 1 is 1.50 bits per heavy atom. The summed E-state index contributed by atoms with van der Waals surface area (Å²) in [6, 6.07) is 0. The van der Waals surface area contributed by atoms with Crippen molar-refractivity contribution in [3.05, 3.63) is 0 Å². The Kier molecular flexibility index (Phi) is 2.35. The summed E-state index contributed by atoms with van der Waals surface area (Å²) in [5, 5.41) is 8.13. The number of aliphatic hydroxyl groups is 1. The third-order valence-electron chi connectivity index (χ3n) is 0.563. The zero-order valence-electron chi connectivity index (χ0n) is 5.26. The fourth-order valence-electron chi connectivity index (χ4n) is 0.292. The number of carbonyl (C=O) groups is 1. The van der Waals surface area contributed by atoms with Gasteiger partial charge in [0.1, 0.15) is 0 Å². The first-order chi connectivity index (χ1) is 4.24. The number of hydrogen-bond acceptors (Lipinski definition) is 6. The van der Waals surface area contributed by atoms with Crippen molar-refractivity contribution < 1.29 is 29.1 Å². The predicted octanol–water partition coefficient (Wildman–Crippen LogP) is -1.31. The molecule has 0 spiro atoms. The molecule has 0 aliphatic rings. The number of carbonyl (C=O) groups excluding carboxylic acids is 1. The Balaban J connectivity index is 4.23. The molecule has 0 unspecified atom stereocenters. The Labute approximate surface area is 56.9 Å². The van der Waals surface area contributed by atoms with Gasteiger partial charge in [0.2, 0.25) is 0 Å². The van der Waals surface area contributed by atoms with E-state index in [1.165, 1.54) is 0 Å². The van der Waals surface area contributed by atoms with Crippen molar-refractivity contribution in [3.8, 4) is 0 Å². The van der Waals surface area contributed by atoms with Gasteiger partial charge in [0.25, 0.3) is 0 Å². The quantitative estimate of drug-likeness (QED) is 0.385. The van der Waals surface area contributed by atoms with Crippen LogP contribution in [0.25, 0.3) is 0 Å². The Morgan fingerprint density at radius 2 is 1.90 bits per heavy atom. The van der Waals surface area contributed by atoms with Crippen molar-refractivity contribution in [2.24, 2.45) is 0 Å². The van der Waals surface area contributed by atoms with Crippen molar-refractivity contribution in [1.29, 1.82) is 0 Å². The van der Waals surface area contributed by atoms with Crippen LogP contribution in [0, 0.1) is 0 Å². The minimum absolute atomic E-state index is 0.875. The molecule has 0 aromatic heterocycles. The summed E-state index contributed by atoms with van der Waals surface area (Å²) in [4.78, 5) is 35.6. The van der Waals surface area contributed by atoms with Crippen LogP contribution >= 0.6 is 7.51 Å². The van der Waals surface area contributed by atoms with Gasteiger partial charge in [-0.2, -0.15) is 0 Å². The third kappa shape index (κ3) is 3.71. The van der Waals surface area contributed by atoms with Crippen molar-refractivity contribution >= 4 is 13.5 Å². The normalized spacial score (nSPS) is 15.5. The van der Waals surface area contributed by atoms with Crippen LogP contribution in [0.3, 0.4) is 0 Å². The van der Waals surface area contributed by atoms with E-state index in [0.29, 0.717) is 0 Å². The minimum atomic E-state index is -5.49. The molecular weight excluding hydrogens is 163 g/mol. The van der Waals surface area contributed by atoms with Crippen LogP contribution < -0.4 is 0 Å². The SMILES string of the molecule is CC(=O)OP(O)(O)(O)CO. The third-order valence-corrected chi connectivity index (χ3v) is 1.69. The topological polar surface area (TPSA) is 107 Å². The maximum absolute atomic E-state index is 10.0. The van der Waals surface area contributed by atoms with Gasteiger partial charge >= 0.3 is 55.9 Å². The van der Waals surface area contributed by atoms with Crippen LogP contribution in [0.2, 0.25) is 0 Å². The number of aliphatic hydroxyl groups excluding tert-OH is 1. The molecule has 0 radical (unpaired) electrons. The van der Waals surface area contributed by atoms with E-state index in [9.17, 15) is 4.79 Å². The molecule has 0 bridgehead atoms. The molecule has 0 saturated carbocycles. The summed E-state index contributed by atoms with van der Waals surface area (Å²) in [5.41, 5.74) is 0. The van der Waals surface area contributed by atoms with Crippen molar-refractivity contribution in [2.45, 2.75) is 6.92 Å². The van der Waals surface area contributed by atoms with E-state index in [0.717, 1.165) is 6.92 Å². The first-order valence-electron chi connectivity index (χ1n) is 2.32. The van der Waals surface area contributed by atoms with E-state index >= 15 is 0 Å². The van der Waals surface area contributed by atoms with Gasteiger partial charge in [0.05, 0.1) is 0 Å². The summed E-state index contributed by atoms with van der Waals surface area (Å²) in [6.45, 7) is 0.875. The Bertz CT molecular complexity index is 145. The van der Waals surface area contributed by atoms with Gasteiger partial charge in [-0.15, -0.1) is 0 Å². The zero-order chi connectivity index (χ0) is 8.44. The van der Waals surface area contributed by atoms with Crippen molar-refractivity contribution in [3.63, 3.8) is 0 Å². The van der Waals surface area contributed by atoms with E-state index in [2.05, 4.69) is 4.52 Å². The second kappa shape index (κ2) is 2.41. The molecular formula is C3H9O6P. The summed E-state index contributed by atoms with van der Waals surface area (Å²) < 4.78 is 3.68. The molecule has 0 rings (SSSR count). The van der Waals surface area contributed by atoms with E-state index in [-0.39, 0.29) is 0 Å². The second-order valence-corrected chi connectivity index (χ2v) is 4.39. The molecule has 7 heteroatoms. The maximum atomic E-state index is 10.0. The average molecular weight is 172 g/mol. The molecule has 6 nitrogen and oxygen atoms in total.